The molecule has 0 radical (unpaired) electrons. The molecule has 0 amide bonds. The summed E-state index contributed by atoms with van der Waals surface area (Å²) < 4.78 is 41.5. The molecule has 1 aromatic heterocycles. The lowest BCUT2D eigenvalue weighted by Gasteiger charge is -2.11. The molecular formula is C11H14BrF3N2OS. The molecule has 0 aliphatic carbocycles. The molecule has 0 unspecified atom stereocenters. The molecule has 0 fully saturated rings. The second-order valence-corrected chi connectivity index (χ2v) is 5.67. The highest BCUT2D eigenvalue weighted by Gasteiger charge is 2.27. The first-order valence-electron chi connectivity index (χ1n) is 5.61. The van der Waals surface area contributed by atoms with Gasteiger partial charge >= 0.3 is 6.18 Å². The minimum Gasteiger partial charge on any atom is -0.364 e. The Bertz CT molecular complexity index is 488. The average molecular weight is 359 g/mol. The van der Waals surface area contributed by atoms with Gasteiger partial charge in [0.1, 0.15) is 23.7 Å². The molecule has 0 saturated carbocycles. The van der Waals surface area contributed by atoms with Crippen LogP contribution in [0.4, 0.5) is 13.2 Å². The summed E-state index contributed by atoms with van der Waals surface area (Å²) in [5.41, 5.74) is 0.820. The van der Waals surface area contributed by atoms with Gasteiger partial charge in [0.15, 0.2) is 0 Å². The van der Waals surface area contributed by atoms with Crippen LogP contribution in [0.2, 0.25) is 0 Å². The van der Waals surface area contributed by atoms with Crippen LogP contribution in [-0.2, 0) is 17.8 Å². The summed E-state index contributed by atoms with van der Waals surface area (Å²) >= 11 is 8.37. The highest BCUT2D eigenvalue weighted by Crippen LogP contribution is 2.20. The molecule has 0 saturated heterocycles. The maximum Gasteiger partial charge on any atom is 0.411 e. The van der Waals surface area contributed by atoms with Gasteiger partial charge in [-0.25, -0.2) is 4.98 Å². The molecule has 0 aromatic carbocycles. The minimum absolute atomic E-state index is 0.248. The van der Waals surface area contributed by atoms with E-state index in [1.807, 2.05) is 13.8 Å². The molecule has 1 rings (SSSR count). The third kappa shape index (κ3) is 6.01. The van der Waals surface area contributed by atoms with E-state index in [9.17, 15) is 13.2 Å². The first-order chi connectivity index (χ1) is 8.69. The number of ether oxygens (including phenoxy) is 1. The third-order valence-electron chi connectivity index (χ3n) is 2.10. The van der Waals surface area contributed by atoms with Gasteiger partial charge < -0.3 is 9.72 Å². The van der Waals surface area contributed by atoms with Gasteiger partial charge in [0.2, 0.25) is 0 Å². The van der Waals surface area contributed by atoms with Gasteiger partial charge in [0.05, 0.1) is 4.47 Å². The van der Waals surface area contributed by atoms with E-state index in [0.29, 0.717) is 20.9 Å². The van der Waals surface area contributed by atoms with Crippen LogP contribution in [0.5, 0.6) is 0 Å². The summed E-state index contributed by atoms with van der Waals surface area (Å²) in [6.07, 6.45) is -3.62. The zero-order valence-electron chi connectivity index (χ0n) is 10.5. The summed E-state index contributed by atoms with van der Waals surface area (Å²) in [6.45, 7) is 2.51. The van der Waals surface area contributed by atoms with Crippen LogP contribution in [0.1, 0.15) is 25.4 Å². The Labute approximate surface area is 122 Å². The van der Waals surface area contributed by atoms with E-state index in [4.69, 9.17) is 12.2 Å². The standard InChI is InChI=1S/C11H14BrF3N2OS/c1-6(2)3-7-9(12)10(19)17-8(16-7)4-18-5-11(13,14)15/h6H,3-5H2,1-2H3,(H,16,17,19). The number of rotatable bonds is 5. The van der Waals surface area contributed by atoms with E-state index in [2.05, 4.69) is 30.6 Å². The van der Waals surface area contributed by atoms with Crippen molar-refractivity contribution in [3.63, 3.8) is 0 Å². The summed E-state index contributed by atoms with van der Waals surface area (Å²) in [6, 6.07) is 0. The van der Waals surface area contributed by atoms with Crippen molar-refractivity contribution in [1.82, 2.24) is 9.97 Å². The normalized spacial score (nSPS) is 12.2. The lowest BCUT2D eigenvalue weighted by atomic mass is 10.1. The van der Waals surface area contributed by atoms with Crippen LogP contribution >= 0.6 is 28.1 Å². The Kier molecular flexibility index (Phi) is 5.94. The lowest BCUT2D eigenvalue weighted by Crippen LogP contribution is -2.17. The van der Waals surface area contributed by atoms with E-state index >= 15 is 0 Å². The summed E-state index contributed by atoms with van der Waals surface area (Å²) in [5, 5.41) is 0. The Morgan fingerprint density at radius 2 is 2.05 bits per heavy atom. The molecule has 19 heavy (non-hydrogen) atoms. The van der Waals surface area contributed by atoms with Crippen LogP contribution in [0.3, 0.4) is 0 Å². The maximum absolute atomic E-state index is 12.0. The van der Waals surface area contributed by atoms with E-state index < -0.39 is 12.8 Å². The smallest absolute Gasteiger partial charge is 0.364 e. The molecule has 0 bridgehead atoms. The molecule has 1 N–H and O–H groups in total. The number of nitrogens with one attached hydrogen (secondary N) is 1. The molecular weight excluding hydrogens is 345 g/mol. The predicted molar refractivity (Wildman–Crippen MR) is 71.4 cm³/mol. The minimum atomic E-state index is -4.34. The van der Waals surface area contributed by atoms with Crippen molar-refractivity contribution in [2.45, 2.75) is 33.1 Å². The third-order valence-corrected chi connectivity index (χ3v) is 3.51. The molecule has 8 heteroatoms. The first-order valence-corrected chi connectivity index (χ1v) is 6.81. The van der Waals surface area contributed by atoms with E-state index in [-0.39, 0.29) is 6.61 Å². The average Bonchev–Trinajstić information content (AvgIpc) is 2.22. The number of alkyl halides is 3. The lowest BCUT2D eigenvalue weighted by molar-refractivity contribution is -0.177. The molecule has 1 heterocycles. The number of aromatic amines is 1. The Balaban J connectivity index is 2.80. The van der Waals surface area contributed by atoms with E-state index in [1.54, 1.807) is 0 Å². The fraction of sp³-hybridized carbons (Fsp3) is 0.636. The first kappa shape index (κ1) is 16.6. The summed E-state index contributed by atoms with van der Waals surface area (Å²) in [5.74, 6) is 0.682. The van der Waals surface area contributed by atoms with Gasteiger partial charge in [-0.15, -0.1) is 0 Å². The number of aromatic nitrogens is 2. The van der Waals surface area contributed by atoms with Gasteiger partial charge in [-0.1, -0.05) is 26.1 Å². The summed E-state index contributed by atoms with van der Waals surface area (Å²) in [7, 11) is 0. The van der Waals surface area contributed by atoms with Crippen molar-refractivity contribution >= 4 is 28.1 Å². The fourth-order valence-electron chi connectivity index (χ4n) is 1.44. The van der Waals surface area contributed by atoms with Crippen molar-refractivity contribution in [2.24, 2.45) is 5.92 Å². The Morgan fingerprint density at radius 3 is 2.58 bits per heavy atom. The zero-order valence-corrected chi connectivity index (χ0v) is 12.9. The summed E-state index contributed by atoms with van der Waals surface area (Å²) in [4.78, 5) is 6.93. The van der Waals surface area contributed by atoms with Gasteiger partial charge in [-0.2, -0.15) is 13.2 Å². The number of halogens is 4. The number of hydrogen-bond donors (Lipinski definition) is 1. The van der Waals surface area contributed by atoms with Crippen LogP contribution in [0.25, 0.3) is 0 Å². The highest BCUT2D eigenvalue weighted by molar-refractivity contribution is 9.10. The molecule has 3 nitrogen and oxygen atoms in total. The van der Waals surface area contributed by atoms with Gasteiger partial charge in [0.25, 0.3) is 0 Å². The van der Waals surface area contributed by atoms with Gasteiger partial charge in [-0.3, -0.25) is 0 Å². The highest BCUT2D eigenvalue weighted by atomic mass is 79.9. The molecule has 108 valence electrons. The zero-order chi connectivity index (χ0) is 14.6. The molecule has 0 aliphatic heterocycles. The van der Waals surface area contributed by atoms with E-state index in [0.717, 1.165) is 12.1 Å². The second kappa shape index (κ2) is 6.81. The Hall–Kier alpha value is -0.470. The number of nitrogens with zero attached hydrogens (tertiary/aromatic N) is 1. The molecule has 0 atom stereocenters. The number of hydrogen-bond acceptors (Lipinski definition) is 3. The van der Waals surface area contributed by atoms with Crippen molar-refractivity contribution < 1.29 is 17.9 Å². The predicted octanol–water partition coefficient (Wildman–Crippen LogP) is 4.18. The van der Waals surface area contributed by atoms with Gasteiger partial charge in [0, 0.05) is 5.69 Å². The van der Waals surface area contributed by atoms with E-state index in [1.165, 1.54) is 0 Å². The van der Waals surface area contributed by atoms with Crippen LogP contribution in [0, 0.1) is 10.6 Å². The van der Waals surface area contributed by atoms with Crippen molar-refractivity contribution in [3.8, 4) is 0 Å². The fourth-order valence-corrected chi connectivity index (χ4v) is 2.02. The molecule has 1 aromatic rings. The van der Waals surface area contributed by atoms with Crippen molar-refractivity contribution in [1.29, 1.82) is 0 Å². The number of H-pyrrole nitrogens is 1. The Morgan fingerprint density at radius 1 is 1.42 bits per heavy atom. The van der Waals surface area contributed by atoms with Crippen LogP contribution in [-0.4, -0.2) is 22.8 Å². The SMILES string of the molecule is CC(C)Cc1[nH]c(COCC(F)(F)F)nc(=S)c1Br. The van der Waals surface area contributed by atoms with Crippen LogP contribution in [0.15, 0.2) is 4.47 Å². The van der Waals surface area contributed by atoms with Crippen molar-refractivity contribution in [3.05, 3.63) is 20.6 Å². The molecule has 0 spiro atoms. The maximum atomic E-state index is 12.0. The quantitative estimate of drug-likeness (QED) is 0.802. The van der Waals surface area contributed by atoms with Crippen molar-refractivity contribution in [2.75, 3.05) is 6.61 Å². The molecule has 0 aliphatic rings. The second-order valence-electron chi connectivity index (χ2n) is 4.49. The van der Waals surface area contributed by atoms with Crippen LogP contribution < -0.4 is 0 Å². The largest absolute Gasteiger partial charge is 0.411 e. The topological polar surface area (TPSA) is 37.9 Å². The monoisotopic (exact) mass is 358 g/mol. The van der Waals surface area contributed by atoms with Gasteiger partial charge in [-0.05, 0) is 28.3 Å².